The number of hydrogen-bond acceptors (Lipinski definition) is 13. The highest BCUT2D eigenvalue weighted by Gasteiger charge is 2.25. The molecule has 1 aromatic heterocycles. The molecule has 0 spiro atoms. The minimum Gasteiger partial charge on any atom is -0.508 e. The number of ether oxygens (including phenoxy) is 2. The standard InChI is InChI=1S/C44H37N5O14/c1-20-27-14-13-26(50)19-32(27)63-44(60)33(20)42(57)47-25-11-5-22(6-12-25)39(54)45-21(2)38(53)46-24-9-7-23(8-10-24)40(55)48-30-17-15-28(34(51)36(30)61-3)41(56)49-31-18-16-29(43(58)59)35(52)37(31)62-4/h5-19,21,50-52H,1-4H3,(H,45,54)(H,46,53)(H,47,57)(H,48,55)(H,49,56)(H,58,59)/t21-/m0/s1. The van der Waals surface area contributed by atoms with Crippen LogP contribution >= 0.6 is 0 Å². The molecule has 0 fully saturated rings. The third-order valence-corrected chi connectivity index (χ3v) is 9.58. The lowest BCUT2D eigenvalue weighted by atomic mass is 10.1. The van der Waals surface area contributed by atoms with Crippen LogP contribution in [0, 0.1) is 6.92 Å². The molecule has 0 aliphatic heterocycles. The summed E-state index contributed by atoms with van der Waals surface area (Å²) in [5, 5.41) is 53.4. The number of carbonyl (C=O) groups excluding carboxylic acids is 5. The number of anilines is 4. The van der Waals surface area contributed by atoms with E-state index in [0.29, 0.717) is 16.6 Å². The maximum Gasteiger partial charge on any atom is 0.349 e. The zero-order chi connectivity index (χ0) is 45.7. The monoisotopic (exact) mass is 859 g/mol. The topological polar surface area (TPSA) is 292 Å². The fourth-order valence-corrected chi connectivity index (χ4v) is 6.30. The highest BCUT2D eigenvalue weighted by molar-refractivity contribution is 6.11. The van der Waals surface area contributed by atoms with Crippen LogP contribution in [-0.2, 0) is 4.79 Å². The molecule has 9 N–H and O–H groups in total. The van der Waals surface area contributed by atoms with E-state index >= 15 is 0 Å². The lowest BCUT2D eigenvalue weighted by Gasteiger charge is -2.16. The van der Waals surface area contributed by atoms with Crippen molar-refractivity contribution in [1.82, 2.24) is 5.32 Å². The minimum absolute atomic E-state index is 0.00711. The molecule has 0 saturated heterocycles. The van der Waals surface area contributed by atoms with Crippen LogP contribution < -0.4 is 41.7 Å². The Labute approximate surface area is 355 Å². The van der Waals surface area contributed by atoms with Gasteiger partial charge in [0, 0.05) is 34.0 Å². The van der Waals surface area contributed by atoms with Crippen LogP contribution in [0.1, 0.15) is 64.3 Å². The summed E-state index contributed by atoms with van der Waals surface area (Å²) in [4.78, 5) is 89.2. The van der Waals surface area contributed by atoms with Gasteiger partial charge in [-0.15, -0.1) is 0 Å². The second-order valence-corrected chi connectivity index (χ2v) is 13.7. The molecule has 322 valence electrons. The summed E-state index contributed by atoms with van der Waals surface area (Å²) in [6.45, 7) is 3.04. The summed E-state index contributed by atoms with van der Waals surface area (Å²) in [7, 11) is 2.36. The van der Waals surface area contributed by atoms with Crippen molar-refractivity contribution >= 4 is 69.2 Å². The van der Waals surface area contributed by atoms with E-state index in [1.54, 1.807) is 6.92 Å². The molecule has 63 heavy (non-hydrogen) atoms. The molecule has 0 unspecified atom stereocenters. The highest BCUT2D eigenvalue weighted by Crippen LogP contribution is 2.40. The molecule has 5 aromatic carbocycles. The van der Waals surface area contributed by atoms with Gasteiger partial charge in [-0.1, -0.05) is 0 Å². The Morgan fingerprint density at radius 3 is 1.71 bits per heavy atom. The summed E-state index contributed by atoms with van der Waals surface area (Å²) in [6, 6.07) is 19.3. The Hall–Kier alpha value is -8.87. The predicted molar refractivity (Wildman–Crippen MR) is 227 cm³/mol. The molecule has 19 heteroatoms. The second kappa shape index (κ2) is 18.2. The maximum absolute atomic E-state index is 13.2. The average Bonchev–Trinajstić information content (AvgIpc) is 3.24. The van der Waals surface area contributed by atoms with Gasteiger partial charge < -0.3 is 60.9 Å². The number of fused-ring (bicyclic) bond motifs is 1. The number of phenolic OH excluding ortho intramolecular Hbond substituents is 2. The first-order chi connectivity index (χ1) is 30.0. The van der Waals surface area contributed by atoms with E-state index in [9.17, 15) is 54.0 Å². The number of aromatic hydroxyl groups is 3. The number of amides is 5. The number of phenols is 3. The molecule has 0 aliphatic carbocycles. The van der Waals surface area contributed by atoms with Crippen LogP contribution in [0.4, 0.5) is 22.7 Å². The summed E-state index contributed by atoms with van der Waals surface area (Å²) in [5.41, 5.74) is -0.632. The van der Waals surface area contributed by atoms with Crippen LogP contribution in [0.25, 0.3) is 11.0 Å². The number of methoxy groups -OCH3 is 2. The third-order valence-electron chi connectivity index (χ3n) is 9.58. The number of nitrogens with one attached hydrogen (secondary N) is 5. The van der Waals surface area contributed by atoms with Crippen molar-refractivity contribution in [3.05, 3.63) is 135 Å². The third kappa shape index (κ3) is 9.31. The van der Waals surface area contributed by atoms with Gasteiger partial charge in [-0.3, -0.25) is 24.0 Å². The first kappa shape index (κ1) is 43.7. The van der Waals surface area contributed by atoms with Crippen LogP contribution in [0.5, 0.6) is 28.7 Å². The molecule has 1 atom stereocenters. The fraction of sp³-hybridized carbons (Fsp3) is 0.114. The number of benzene rings is 5. The second-order valence-electron chi connectivity index (χ2n) is 13.7. The van der Waals surface area contributed by atoms with Gasteiger partial charge in [0.15, 0.2) is 23.0 Å². The van der Waals surface area contributed by atoms with E-state index in [-0.39, 0.29) is 62.1 Å². The van der Waals surface area contributed by atoms with Crippen LogP contribution in [0.2, 0.25) is 0 Å². The van der Waals surface area contributed by atoms with Crippen molar-refractivity contribution in [3.63, 3.8) is 0 Å². The first-order valence-corrected chi connectivity index (χ1v) is 18.6. The Kier molecular flexibility index (Phi) is 12.6. The zero-order valence-corrected chi connectivity index (χ0v) is 33.6. The van der Waals surface area contributed by atoms with E-state index in [1.165, 1.54) is 99.0 Å². The quantitative estimate of drug-likeness (QED) is 0.0653. The number of hydrogen-bond donors (Lipinski definition) is 9. The molecule has 6 aromatic rings. The van der Waals surface area contributed by atoms with Crippen molar-refractivity contribution in [2.75, 3.05) is 35.5 Å². The fourth-order valence-electron chi connectivity index (χ4n) is 6.30. The van der Waals surface area contributed by atoms with Gasteiger partial charge >= 0.3 is 11.6 Å². The van der Waals surface area contributed by atoms with Crippen LogP contribution in [-0.4, -0.2) is 76.2 Å². The molecule has 0 aliphatic rings. The normalized spacial score (nSPS) is 11.2. The number of carbonyl (C=O) groups is 6. The number of aryl methyl sites for hydroxylation is 1. The zero-order valence-electron chi connectivity index (χ0n) is 33.6. The van der Waals surface area contributed by atoms with Crippen molar-refractivity contribution in [3.8, 4) is 28.7 Å². The Balaban J connectivity index is 1.03. The van der Waals surface area contributed by atoms with Gasteiger partial charge in [0.1, 0.15) is 28.5 Å². The highest BCUT2D eigenvalue weighted by atomic mass is 16.5. The van der Waals surface area contributed by atoms with E-state index in [4.69, 9.17) is 13.9 Å². The molecule has 0 bridgehead atoms. The number of rotatable bonds is 13. The molecule has 6 rings (SSSR count). The smallest absolute Gasteiger partial charge is 0.349 e. The summed E-state index contributed by atoms with van der Waals surface area (Å²) in [5.74, 6) is -6.93. The number of aromatic carboxylic acids is 1. The van der Waals surface area contributed by atoms with Gasteiger partial charge in [0.05, 0.1) is 31.2 Å². The number of carboxylic acids is 1. The van der Waals surface area contributed by atoms with E-state index in [1.807, 2.05) is 0 Å². The number of carboxylic acid groups (broad SMARTS) is 1. The summed E-state index contributed by atoms with van der Waals surface area (Å²) in [6.07, 6.45) is 0. The molecule has 19 nitrogen and oxygen atoms in total. The van der Waals surface area contributed by atoms with E-state index < -0.39 is 64.2 Å². The van der Waals surface area contributed by atoms with E-state index in [2.05, 4.69) is 26.6 Å². The largest absolute Gasteiger partial charge is 0.508 e. The van der Waals surface area contributed by atoms with Gasteiger partial charge in [-0.2, -0.15) is 0 Å². The minimum atomic E-state index is -1.42. The van der Waals surface area contributed by atoms with Gasteiger partial charge in [0.25, 0.3) is 23.6 Å². The first-order valence-electron chi connectivity index (χ1n) is 18.6. The Bertz CT molecular complexity index is 2890. The molecule has 0 saturated carbocycles. The Morgan fingerprint density at radius 2 is 1.14 bits per heavy atom. The van der Waals surface area contributed by atoms with Crippen molar-refractivity contribution < 1.29 is 63.1 Å². The maximum atomic E-state index is 13.2. The molecule has 0 radical (unpaired) electrons. The van der Waals surface area contributed by atoms with Crippen molar-refractivity contribution in [2.45, 2.75) is 19.9 Å². The van der Waals surface area contributed by atoms with Crippen LogP contribution in [0.3, 0.4) is 0 Å². The average molecular weight is 860 g/mol. The van der Waals surface area contributed by atoms with Gasteiger partial charge in [-0.05, 0) is 104 Å². The lowest BCUT2D eigenvalue weighted by Crippen LogP contribution is -2.41. The van der Waals surface area contributed by atoms with Crippen molar-refractivity contribution in [2.24, 2.45) is 0 Å². The molecule has 5 amide bonds. The SMILES string of the molecule is COc1c(NC(=O)c2ccc(NC(=O)c3ccc(NC(=O)[C@H](C)NC(=O)c4ccc(NC(=O)c5c(C)c6ccc(O)cc6oc5=O)cc4)cc3)c(OC)c2O)ccc(C(=O)O)c1O. The molecule has 1 heterocycles. The lowest BCUT2D eigenvalue weighted by molar-refractivity contribution is -0.117. The molecular formula is C44H37N5O14. The van der Waals surface area contributed by atoms with Crippen LogP contribution in [0.15, 0.2) is 100 Å². The van der Waals surface area contributed by atoms with Gasteiger partial charge in [-0.25, -0.2) is 9.59 Å². The Morgan fingerprint density at radius 1 is 0.619 bits per heavy atom. The van der Waals surface area contributed by atoms with Crippen molar-refractivity contribution in [1.29, 1.82) is 0 Å². The van der Waals surface area contributed by atoms with E-state index in [0.717, 1.165) is 13.2 Å². The van der Waals surface area contributed by atoms with Gasteiger partial charge in [0.2, 0.25) is 5.91 Å². The molecular weight excluding hydrogens is 823 g/mol. The summed E-state index contributed by atoms with van der Waals surface area (Å²) < 4.78 is 15.6. The summed E-state index contributed by atoms with van der Waals surface area (Å²) >= 11 is 0. The predicted octanol–water partition coefficient (Wildman–Crippen LogP) is 5.45.